The van der Waals surface area contributed by atoms with E-state index in [-0.39, 0.29) is 29.9 Å². The average Bonchev–Trinajstić information content (AvgIpc) is 1.82. The lowest BCUT2D eigenvalue weighted by atomic mass is 10.1. The molecule has 0 spiro atoms. The monoisotopic (exact) mass is 194 g/mol. The Morgan fingerprint density at radius 3 is 2.08 bits per heavy atom. The molecule has 2 nitrogen and oxygen atoms in total. The van der Waals surface area contributed by atoms with Crippen molar-refractivity contribution in [2.75, 3.05) is 0 Å². The highest BCUT2D eigenvalue weighted by Gasteiger charge is 2.19. The minimum absolute atomic E-state index is 0. The summed E-state index contributed by atoms with van der Waals surface area (Å²) in [6.45, 7) is 9.51. The average molecular weight is 195 g/mol. The quantitative estimate of drug-likeness (QED) is 0.632. The second kappa shape index (κ2) is 5.41. The van der Waals surface area contributed by atoms with Crippen molar-refractivity contribution in [1.82, 2.24) is 0 Å². The second-order valence-corrected chi connectivity index (χ2v) is 3.84. The van der Waals surface area contributed by atoms with E-state index in [1.54, 1.807) is 0 Å². The van der Waals surface area contributed by atoms with E-state index in [2.05, 4.69) is 0 Å². The second-order valence-electron chi connectivity index (χ2n) is 3.84. The highest BCUT2D eigenvalue weighted by molar-refractivity contribution is 5.85. The van der Waals surface area contributed by atoms with Gasteiger partial charge in [0, 0.05) is 0 Å². The number of hydrogen-bond donors (Lipinski definition) is 0. The molecule has 0 bridgehead atoms. The summed E-state index contributed by atoms with van der Waals surface area (Å²) in [5, 5.41) is 0. The van der Waals surface area contributed by atoms with Gasteiger partial charge in [-0.05, 0) is 27.2 Å². The van der Waals surface area contributed by atoms with E-state index in [1.165, 1.54) is 0 Å². The van der Waals surface area contributed by atoms with E-state index >= 15 is 0 Å². The number of ether oxygens (including phenoxy) is 1. The molecule has 3 heteroatoms. The largest absolute Gasteiger partial charge is 0.460 e. The lowest BCUT2D eigenvalue weighted by Gasteiger charge is -2.21. The van der Waals surface area contributed by atoms with Crippen LogP contribution in [0.3, 0.4) is 0 Å². The molecular formula is C9H19ClO2. The first-order valence-electron chi connectivity index (χ1n) is 4.09. The molecule has 0 saturated heterocycles. The SMILES string of the molecule is CCC(C)C(=O)OC(C)(C)C.Cl. The molecule has 0 saturated carbocycles. The number of rotatable bonds is 2. The van der Waals surface area contributed by atoms with Crippen LogP contribution in [0.4, 0.5) is 0 Å². The zero-order valence-corrected chi connectivity index (χ0v) is 9.33. The molecule has 0 radical (unpaired) electrons. The normalized spacial score (nSPS) is 13.1. The zero-order valence-electron chi connectivity index (χ0n) is 8.51. The Bertz CT molecular complexity index is 138. The summed E-state index contributed by atoms with van der Waals surface area (Å²) in [6, 6.07) is 0. The molecule has 0 aliphatic heterocycles. The van der Waals surface area contributed by atoms with Crippen LogP contribution in [0.25, 0.3) is 0 Å². The highest BCUT2D eigenvalue weighted by Crippen LogP contribution is 2.12. The Balaban J connectivity index is 0. The smallest absolute Gasteiger partial charge is 0.309 e. The van der Waals surface area contributed by atoms with Gasteiger partial charge in [0.2, 0.25) is 0 Å². The van der Waals surface area contributed by atoms with Gasteiger partial charge in [-0.15, -0.1) is 12.4 Å². The van der Waals surface area contributed by atoms with Crippen LogP contribution in [-0.4, -0.2) is 11.6 Å². The molecule has 0 heterocycles. The van der Waals surface area contributed by atoms with Crippen molar-refractivity contribution in [3.05, 3.63) is 0 Å². The lowest BCUT2D eigenvalue weighted by molar-refractivity contribution is -0.159. The Morgan fingerprint density at radius 1 is 1.42 bits per heavy atom. The van der Waals surface area contributed by atoms with Gasteiger partial charge in [0.05, 0.1) is 5.92 Å². The van der Waals surface area contributed by atoms with Gasteiger partial charge in [-0.2, -0.15) is 0 Å². The lowest BCUT2D eigenvalue weighted by Crippen LogP contribution is -2.27. The van der Waals surface area contributed by atoms with Crippen molar-refractivity contribution in [2.45, 2.75) is 46.6 Å². The molecule has 74 valence electrons. The van der Waals surface area contributed by atoms with Gasteiger partial charge in [0.25, 0.3) is 0 Å². The van der Waals surface area contributed by atoms with Gasteiger partial charge in [0.1, 0.15) is 5.60 Å². The molecule has 0 aromatic rings. The predicted molar refractivity (Wildman–Crippen MR) is 52.5 cm³/mol. The Hall–Kier alpha value is -0.240. The summed E-state index contributed by atoms with van der Waals surface area (Å²) in [5.41, 5.74) is -0.347. The highest BCUT2D eigenvalue weighted by atomic mass is 35.5. The van der Waals surface area contributed by atoms with E-state index in [1.807, 2.05) is 34.6 Å². The molecule has 0 amide bonds. The van der Waals surface area contributed by atoms with Crippen LogP contribution in [0.15, 0.2) is 0 Å². The molecular weight excluding hydrogens is 176 g/mol. The van der Waals surface area contributed by atoms with Crippen LogP contribution in [0.5, 0.6) is 0 Å². The molecule has 0 aliphatic rings. The molecule has 0 N–H and O–H groups in total. The Morgan fingerprint density at radius 2 is 1.83 bits per heavy atom. The summed E-state index contributed by atoms with van der Waals surface area (Å²) in [4.78, 5) is 11.2. The fourth-order valence-corrected chi connectivity index (χ4v) is 0.569. The third-order valence-corrected chi connectivity index (χ3v) is 1.42. The van der Waals surface area contributed by atoms with Crippen molar-refractivity contribution in [2.24, 2.45) is 5.92 Å². The van der Waals surface area contributed by atoms with Crippen molar-refractivity contribution < 1.29 is 9.53 Å². The van der Waals surface area contributed by atoms with Crippen LogP contribution < -0.4 is 0 Å². The Labute approximate surface area is 81.1 Å². The van der Waals surface area contributed by atoms with E-state index in [0.717, 1.165) is 6.42 Å². The van der Waals surface area contributed by atoms with Gasteiger partial charge in [-0.3, -0.25) is 4.79 Å². The standard InChI is InChI=1S/C9H18O2.ClH/c1-6-7(2)8(10)11-9(3,4)5;/h7H,6H2,1-5H3;1H. The maximum atomic E-state index is 11.2. The molecule has 0 fully saturated rings. The summed E-state index contributed by atoms with van der Waals surface area (Å²) < 4.78 is 5.15. The topological polar surface area (TPSA) is 26.3 Å². The maximum Gasteiger partial charge on any atom is 0.309 e. The first-order chi connectivity index (χ1) is 4.87. The van der Waals surface area contributed by atoms with Crippen molar-refractivity contribution in [3.63, 3.8) is 0 Å². The van der Waals surface area contributed by atoms with E-state index in [0.29, 0.717) is 0 Å². The van der Waals surface area contributed by atoms with Crippen LogP contribution in [0.2, 0.25) is 0 Å². The minimum atomic E-state index is -0.347. The van der Waals surface area contributed by atoms with Crippen LogP contribution in [0.1, 0.15) is 41.0 Å². The van der Waals surface area contributed by atoms with E-state index in [9.17, 15) is 4.79 Å². The van der Waals surface area contributed by atoms with Crippen molar-refractivity contribution in [1.29, 1.82) is 0 Å². The van der Waals surface area contributed by atoms with E-state index in [4.69, 9.17) is 4.74 Å². The molecule has 1 unspecified atom stereocenters. The van der Waals surface area contributed by atoms with Gasteiger partial charge < -0.3 is 4.74 Å². The van der Waals surface area contributed by atoms with Crippen LogP contribution >= 0.6 is 12.4 Å². The van der Waals surface area contributed by atoms with Crippen molar-refractivity contribution >= 4 is 18.4 Å². The first kappa shape index (κ1) is 14.3. The number of hydrogen-bond acceptors (Lipinski definition) is 2. The maximum absolute atomic E-state index is 11.2. The number of carbonyl (C=O) groups is 1. The van der Waals surface area contributed by atoms with Gasteiger partial charge >= 0.3 is 5.97 Å². The fraction of sp³-hybridized carbons (Fsp3) is 0.889. The zero-order chi connectivity index (χ0) is 9.07. The number of esters is 1. The summed E-state index contributed by atoms with van der Waals surface area (Å²) in [6.07, 6.45) is 0.842. The molecule has 12 heavy (non-hydrogen) atoms. The van der Waals surface area contributed by atoms with Gasteiger partial charge in [-0.25, -0.2) is 0 Å². The summed E-state index contributed by atoms with van der Waals surface area (Å²) in [7, 11) is 0. The summed E-state index contributed by atoms with van der Waals surface area (Å²) in [5.74, 6) is -0.0748. The molecule has 0 rings (SSSR count). The minimum Gasteiger partial charge on any atom is -0.460 e. The molecule has 0 aromatic heterocycles. The van der Waals surface area contributed by atoms with Crippen molar-refractivity contribution in [3.8, 4) is 0 Å². The number of halogens is 1. The Kier molecular flexibility index (Phi) is 6.45. The molecule has 0 aromatic carbocycles. The van der Waals surface area contributed by atoms with Crippen LogP contribution in [-0.2, 0) is 9.53 Å². The van der Waals surface area contributed by atoms with Gasteiger partial charge in [0.15, 0.2) is 0 Å². The molecule has 0 aliphatic carbocycles. The summed E-state index contributed by atoms with van der Waals surface area (Å²) >= 11 is 0. The van der Waals surface area contributed by atoms with Gasteiger partial charge in [-0.1, -0.05) is 13.8 Å². The first-order valence-corrected chi connectivity index (χ1v) is 4.09. The van der Waals surface area contributed by atoms with Crippen LogP contribution in [0, 0.1) is 5.92 Å². The molecule has 1 atom stereocenters. The van der Waals surface area contributed by atoms with E-state index < -0.39 is 0 Å². The third kappa shape index (κ3) is 6.47. The fourth-order valence-electron chi connectivity index (χ4n) is 0.569. The third-order valence-electron chi connectivity index (χ3n) is 1.42. The number of carbonyl (C=O) groups excluding carboxylic acids is 1. The predicted octanol–water partition coefficient (Wildman–Crippen LogP) is 2.80.